The third-order valence-corrected chi connectivity index (χ3v) is 5.83. The molecule has 27 heavy (non-hydrogen) atoms. The predicted octanol–water partition coefficient (Wildman–Crippen LogP) is 4.19. The Morgan fingerprint density at radius 1 is 1.41 bits per heavy atom. The molecular formula is C19H20ClN3O3S. The number of aryl methyl sites for hydroxylation is 2. The van der Waals surface area contributed by atoms with Gasteiger partial charge in [-0.1, -0.05) is 18.5 Å². The van der Waals surface area contributed by atoms with Crippen molar-refractivity contribution in [2.75, 3.05) is 12.4 Å². The molecule has 2 heterocycles. The molecule has 0 bridgehead atoms. The van der Waals surface area contributed by atoms with Crippen LogP contribution in [0.5, 0.6) is 5.75 Å². The molecule has 2 aromatic heterocycles. The fourth-order valence-electron chi connectivity index (χ4n) is 2.88. The zero-order valence-electron chi connectivity index (χ0n) is 15.5. The van der Waals surface area contributed by atoms with Crippen LogP contribution < -0.4 is 15.6 Å². The minimum Gasteiger partial charge on any atom is -0.495 e. The van der Waals surface area contributed by atoms with Gasteiger partial charge < -0.3 is 10.1 Å². The lowest BCUT2D eigenvalue weighted by molar-refractivity contribution is -0.118. The second-order valence-electron chi connectivity index (χ2n) is 6.13. The Bertz CT molecular complexity index is 1070. The van der Waals surface area contributed by atoms with Gasteiger partial charge in [0.1, 0.15) is 22.4 Å². The van der Waals surface area contributed by atoms with Crippen LogP contribution in [0.25, 0.3) is 10.2 Å². The highest BCUT2D eigenvalue weighted by molar-refractivity contribution is 7.18. The Kier molecular flexibility index (Phi) is 5.53. The summed E-state index contributed by atoms with van der Waals surface area (Å²) in [6, 6.07) is 6.11. The van der Waals surface area contributed by atoms with Crippen molar-refractivity contribution in [3.05, 3.63) is 50.3 Å². The lowest BCUT2D eigenvalue weighted by Crippen LogP contribution is -2.33. The van der Waals surface area contributed by atoms with E-state index in [9.17, 15) is 9.59 Å². The Labute approximate surface area is 165 Å². The van der Waals surface area contributed by atoms with E-state index in [2.05, 4.69) is 10.3 Å². The third kappa shape index (κ3) is 3.70. The van der Waals surface area contributed by atoms with E-state index in [4.69, 9.17) is 16.3 Å². The predicted molar refractivity (Wildman–Crippen MR) is 109 cm³/mol. The van der Waals surface area contributed by atoms with Crippen molar-refractivity contribution < 1.29 is 9.53 Å². The number of amides is 1. The largest absolute Gasteiger partial charge is 0.495 e. The summed E-state index contributed by atoms with van der Waals surface area (Å²) < 4.78 is 6.53. The molecule has 0 saturated heterocycles. The normalized spacial score (nSPS) is 12.2. The van der Waals surface area contributed by atoms with Gasteiger partial charge in [-0.15, -0.1) is 11.3 Å². The molecule has 0 saturated carbocycles. The van der Waals surface area contributed by atoms with E-state index < -0.39 is 6.04 Å². The summed E-state index contributed by atoms with van der Waals surface area (Å²) in [5.74, 6) is 0.703. The van der Waals surface area contributed by atoms with Crippen LogP contribution in [0.2, 0.25) is 5.02 Å². The van der Waals surface area contributed by atoms with Crippen molar-refractivity contribution in [3.63, 3.8) is 0 Å². The van der Waals surface area contributed by atoms with Crippen LogP contribution in [0.3, 0.4) is 0 Å². The van der Waals surface area contributed by atoms with Gasteiger partial charge in [0.25, 0.3) is 5.56 Å². The molecule has 0 fully saturated rings. The molecule has 0 spiro atoms. The third-order valence-electron chi connectivity index (χ3n) is 4.36. The summed E-state index contributed by atoms with van der Waals surface area (Å²) in [6.07, 6.45) is 0.841. The monoisotopic (exact) mass is 405 g/mol. The van der Waals surface area contributed by atoms with Crippen molar-refractivity contribution in [1.82, 2.24) is 9.55 Å². The smallest absolute Gasteiger partial charge is 0.263 e. The Morgan fingerprint density at radius 2 is 2.15 bits per heavy atom. The molecule has 1 unspecified atom stereocenters. The number of hydrogen-bond donors (Lipinski definition) is 1. The molecule has 6 nitrogen and oxygen atoms in total. The number of aromatic nitrogens is 2. The first-order chi connectivity index (χ1) is 12.8. The van der Waals surface area contributed by atoms with Crippen molar-refractivity contribution in [1.29, 1.82) is 0 Å². The van der Waals surface area contributed by atoms with E-state index in [-0.39, 0.29) is 11.5 Å². The first kappa shape index (κ1) is 19.4. The van der Waals surface area contributed by atoms with E-state index in [0.717, 1.165) is 11.3 Å². The van der Waals surface area contributed by atoms with Crippen molar-refractivity contribution >= 4 is 44.7 Å². The fraction of sp³-hybridized carbons (Fsp3) is 0.316. The number of ether oxygens (including phenoxy) is 1. The van der Waals surface area contributed by atoms with E-state index in [1.54, 1.807) is 32.0 Å². The highest BCUT2D eigenvalue weighted by Crippen LogP contribution is 2.28. The maximum absolute atomic E-state index is 12.9. The van der Waals surface area contributed by atoms with Gasteiger partial charge in [-0.2, -0.15) is 0 Å². The summed E-state index contributed by atoms with van der Waals surface area (Å²) in [5, 5.41) is 3.73. The maximum Gasteiger partial charge on any atom is 0.263 e. The number of fused-ring (bicyclic) bond motifs is 1. The molecular weight excluding hydrogens is 386 g/mol. The summed E-state index contributed by atoms with van der Waals surface area (Å²) in [4.78, 5) is 32.0. The quantitative estimate of drug-likeness (QED) is 0.690. The van der Waals surface area contributed by atoms with Gasteiger partial charge in [0.15, 0.2) is 0 Å². The van der Waals surface area contributed by atoms with Crippen molar-refractivity contribution in [3.8, 4) is 5.75 Å². The van der Waals surface area contributed by atoms with E-state index >= 15 is 0 Å². The topological polar surface area (TPSA) is 73.2 Å². The summed E-state index contributed by atoms with van der Waals surface area (Å²) in [5.41, 5.74) is 0.324. The van der Waals surface area contributed by atoms with Crippen LogP contribution >= 0.6 is 22.9 Å². The number of carbonyl (C=O) groups is 1. The van der Waals surface area contributed by atoms with E-state index in [1.807, 2.05) is 13.0 Å². The first-order valence-electron chi connectivity index (χ1n) is 8.51. The number of hydrogen-bond acceptors (Lipinski definition) is 5. The summed E-state index contributed by atoms with van der Waals surface area (Å²) in [6.45, 7) is 5.45. The minimum atomic E-state index is -0.722. The highest BCUT2D eigenvalue weighted by atomic mass is 35.5. The first-order valence-corrected chi connectivity index (χ1v) is 9.71. The van der Waals surface area contributed by atoms with Crippen molar-refractivity contribution in [2.24, 2.45) is 0 Å². The fourth-order valence-corrected chi connectivity index (χ4v) is 4.14. The number of rotatable bonds is 5. The average molecular weight is 406 g/mol. The molecule has 1 amide bonds. The van der Waals surface area contributed by atoms with E-state index in [0.29, 0.717) is 32.5 Å². The molecule has 0 aliphatic rings. The van der Waals surface area contributed by atoms with Crippen LogP contribution in [-0.2, 0) is 11.2 Å². The van der Waals surface area contributed by atoms with Gasteiger partial charge in [0.05, 0.1) is 17.5 Å². The van der Waals surface area contributed by atoms with Crippen molar-refractivity contribution in [2.45, 2.75) is 33.2 Å². The second-order valence-corrected chi connectivity index (χ2v) is 7.66. The van der Waals surface area contributed by atoms with Gasteiger partial charge in [0, 0.05) is 10.6 Å². The number of carbonyl (C=O) groups excluding carboxylic acids is 1. The summed E-state index contributed by atoms with van der Waals surface area (Å²) in [7, 11) is 1.52. The molecule has 0 aliphatic carbocycles. The Hall–Kier alpha value is -2.38. The molecule has 142 valence electrons. The zero-order valence-corrected chi connectivity index (χ0v) is 17.1. The highest BCUT2D eigenvalue weighted by Gasteiger charge is 2.21. The Balaban J connectivity index is 1.92. The summed E-state index contributed by atoms with van der Waals surface area (Å²) >= 11 is 7.61. The van der Waals surface area contributed by atoms with Crippen LogP contribution in [0.4, 0.5) is 5.69 Å². The molecule has 3 rings (SSSR count). The number of halogens is 1. The number of nitrogens with zero attached hydrogens (tertiary/aromatic N) is 2. The number of anilines is 1. The maximum atomic E-state index is 12.9. The number of thiophene rings is 1. The lowest BCUT2D eigenvalue weighted by Gasteiger charge is -2.17. The van der Waals surface area contributed by atoms with Crippen LogP contribution in [0, 0.1) is 6.92 Å². The SMILES string of the molecule is CCc1cc2c(=O)n(C(C)C(=O)Nc3ccc(OC)c(Cl)c3)c(C)nc2s1. The van der Waals surface area contributed by atoms with Crippen LogP contribution in [-0.4, -0.2) is 22.6 Å². The molecule has 3 aromatic rings. The average Bonchev–Trinajstić information content (AvgIpc) is 3.05. The van der Waals surface area contributed by atoms with Gasteiger partial charge in [-0.05, 0) is 44.5 Å². The van der Waals surface area contributed by atoms with Crippen LogP contribution in [0.1, 0.15) is 30.6 Å². The number of benzene rings is 1. The van der Waals surface area contributed by atoms with Gasteiger partial charge >= 0.3 is 0 Å². The van der Waals surface area contributed by atoms with E-state index in [1.165, 1.54) is 23.0 Å². The van der Waals surface area contributed by atoms with Gasteiger partial charge in [-0.3, -0.25) is 14.2 Å². The standard InChI is InChI=1S/C19H20ClN3O3S/c1-5-13-9-14-18(27-13)21-11(3)23(19(14)25)10(2)17(24)22-12-6-7-16(26-4)15(20)8-12/h6-10H,5H2,1-4H3,(H,22,24). The zero-order chi connectivity index (χ0) is 19.7. The number of nitrogens with one attached hydrogen (secondary N) is 1. The molecule has 1 aromatic carbocycles. The van der Waals surface area contributed by atoms with Gasteiger partial charge in [0.2, 0.25) is 5.91 Å². The molecule has 1 atom stereocenters. The van der Waals surface area contributed by atoms with Gasteiger partial charge in [-0.25, -0.2) is 4.98 Å². The molecule has 1 N–H and O–H groups in total. The molecule has 0 aliphatic heterocycles. The second kappa shape index (κ2) is 7.70. The number of methoxy groups -OCH3 is 1. The lowest BCUT2D eigenvalue weighted by atomic mass is 10.2. The van der Waals surface area contributed by atoms with Crippen LogP contribution in [0.15, 0.2) is 29.1 Å². The minimum absolute atomic E-state index is 0.205. The molecule has 0 radical (unpaired) electrons. The molecule has 8 heteroatoms. The Morgan fingerprint density at radius 3 is 2.78 bits per heavy atom.